The summed E-state index contributed by atoms with van der Waals surface area (Å²) < 4.78 is 0.974. The van der Waals surface area contributed by atoms with Crippen LogP contribution in [-0.2, 0) is 15.1 Å². The lowest BCUT2D eigenvalue weighted by Gasteiger charge is -2.27. The first-order chi connectivity index (χ1) is 11.6. The highest BCUT2D eigenvalue weighted by Crippen LogP contribution is 2.22. The van der Waals surface area contributed by atoms with Crippen molar-refractivity contribution in [3.05, 3.63) is 34.3 Å². The van der Waals surface area contributed by atoms with Crippen LogP contribution in [0.25, 0.3) is 0 Å². The molecule has 1 atom stereocenters. The molecule has 25 heavy (non-hydrogen) atoms. The molecule has 7 nitrogen and oxygen atoms in total. The van der Waals surface area contributed by atoms with E-state index in [1.165, 1.54) is 0 Å². The summed E-state index contributed by atoms with van der Waals surface area (Å²) in [5.74, 6) is -0.922. The van der Waals surface area contributed by atoms with E-state index in [2.05, 4.69) is 32.0 Å². The van der Waals surface area contributed by atoms with Crippen molar-refractivity contribution in [1.82, 2.24) is 21.1 Å². The van der Waals surface area contributed by atoms with Gasteiger partial charge < -0.3 is 5.32 Å². The normalized spacial score (nSPS) is 20.6. The van der Waals surface area contributed by atoms with Gasteiger partial charge in [-0.05, 0) is 44.9 Å². The van der Waals surface area contributed by atoms with Gasteiger partial charge in [0, 0.05) is 10.0 Å². The maximum Gasteiger partial charge on any atom is 0.344 e. The maximum atomic E-state index is 12.3. The zero-order valence-corrected chi connectivity index (χ0v) is 16.4. The molecule has 2 rings (SSSR count). The highest BCUT2D eigenvalue weighted by atomic mass is 79.9. The van der Waals surface area contributed by atoms with Gasteiger partial charge in [-0.2, -0.15) is 5.01 Å². The highest BCUT2D eigenvalue weighted by Gasteiger charge is 2.47. The maximum absolute atomic E-state index is 12.3. The SMILES string of the molecule is CCC1(C)NC(=O)N(NC(=O)CNC(C)(C)c2ccc(Br)cc2)C1=O. The Balaban J connectivity index is 1.95. The Labute approximate surface area is 155 Å². The summed E-state index contributed by atoms with van der Waals surface area (Å²) in [5, 5.41) is 6.47. The lowest BCUT2D eigenvalue weighted by molar-refractivity contribution is -0.138. The molecule has 4 amide bonds. The third-order valence-corrected chi connectivity index (χ3v) is 4.99. The van der Waals surface area contributed by atoms with Crippen LogP contribution in [0, 0.1) is 0 Å². The number of nitrogens with zero attached hydrogens (tertiary/aromatic N) is 1. The summed E-state index contributed by atoms with van der Waals surface area (Å²) in [6, 6.07) is 7.16. The Bertz CT molecular complexity index is 690. The minimum absolute atomic E-state index is 0.0387. The molecular formula is C17H23BrN4O3. The second-order valence-electron chi connectivity index (χ2n) is 6.78. The number of halogens is 1. The van der Waals surface area contributed by atoms with Crippen LogP contribution < -0.4 is 16.1 Å². The molecule has 1 aromatic carbocycles. The molecule has 0 aliphatic carbocycles. The van der Waals surface area contributed by atoms with E-state index in [0.717, 1.165) is 15.0 Å². The minimum atomic E-state index is -0.978. The molecule has 1 aliphatic rings. The molecule has 136 valence electrons. The highest BCUT2D eigenvalue weighted by molar-refractivity contribution is 9.10. The minimum Gasteiger partial charge on any atom is -0.322 e. The van der Waals surface area contributed by atoms with Crippen molar-refractivity contribution in [2.75, 3.05) is 6.54 Å². The monoisotopic (exact) mass is 410 g/mol. The van der Waals surface area contributed by atoms with E-state index in [1.807, 2.05) is 38.1 Å². The van der Waals surface area contributed by atoms with E-state index < -0.39 is 28.9 Å². The Hall–Kier alpha value is -1.93. The van der Waals surface area contributed by atoms with Crippen molar-refractivity contribution in [2.45, 2.75) is 45.2 Å². The van der Waals surface area contributed by atoms with E-state index in [9.17, 15) is 14.4 Å². The Morgan fingerprint density at radius 2 is 1.88 bits per heavy atom. The Morgan fingerprint density at radius 1 is 1.28 bits per heavy atom. The van der Waals surface area contributed by atoms with Crippen LogP contribution in [0.1, 0.15) is 39.7 Å². The van der Waals surface area contributed by atoms with E-state index in [1.54, 1.807) is 13.8 Å². The molecule has 0 saturated carbocycles. The molecule has 1 heterocycles. The van der Waals surface area contributed by atoms with E-state index >= 15 is 0 Å². The van der Waals surface area contributed by atoms with Crippen molar-refractivity contribution in [1.29, 1.82) is 0 Å². The predicted molar refractivity (Wildman–Crippen MR) is 97.4 cm³/mol. The number of hydrogen-bond donors (Lipinski definition) is 3. The van der Waals surface area contributed by atoms with E-state index in [-0.39, 0.29) is 6.54 Å². The molecule has 3 N–H and O–H groups in total. The first-order valence-corrected chi connectivity index (χ1v) is 8.85. The van der Waals surface area contributed by atoms with Crippen molar-refractivity contribution >= 4 is 33.8 Å². The average Bonchev–Trinajstić information content (AvgIpc) is 2.77. The van der Waals surface area contributed by atoms with E-state index in [0.29, 0.717) is 6.42 Å². The summed E-state index contributed by atoms with van der Waals surface area (Å²) in [5.41, 5.74) is 1.95. The van der Waals surface area contributed by atoms with Crippen LogP contribution in [-0.4, -0.2) is 34.9 Å². The number of amides is 4. The van der Waals surface area contributed by atoms with Crippen molar-refractivity contribution in [2.24, 2.45) is 0 Å². The third kappa shape index (κ3) is 4.19. The predicted octanol–water partition coefficient (Wildman–Crippen LogP) is 2.03. The van der Waals surface area contributed by atoms with Crippen LogP contribution in [0.5, 0.6) is 0 Å². The lowest BCUT2D eigenvalue weighted by atomic mass is 9.94. The topological polar surface area (TPSA) is 90.5 Å². The molecule has 0 radical (unpaired) electrons. The molecular weight excluding hydrogens is 388 g/mol. The third-order valence-electron chi connectivity index (χ3n) is 4.46. The van der Waals surface area contributed by atoms with Crippen LogP contribution in [0.2, 0.25) is 0 Å². The van der Waals surface area contributed by atoms with Crippen LogP contribution in [0.4, 0.5) is 4.79 Å². The Kier molecular flexibility index (Phi) is 5.53. The molecule has 1 aromatic rings. The fourth-order valence-electron chi connectivity index (χ4n) is 2.46. The summed E-state index contributed by atoms with van der Waals surface area (Å²) in [7, 11) is 0. The number of hydrazine groups is 1. The zero-order chi connectivity index (χ0) is 18.8. The molecule has 1 saturated heterocycles. The largest absolute Gasteiger partial charge is 0.344 e. The van der Waals surface area contributed by atoms with Gasteiger partial charge in [-0.15, -0.1) is 0 Å². The zero-order valence-electron chi connectivity index (χ0n) is 14.8. The summed E-state index contributed by atoms with van der Waals surface area (Å²) >= 11 is 3.39. The lowest BCUT2D eigenvalue weighted by Crippen LogP contribution is -2.52. The first-order valence-electron chi connectivity index (χ1n) is 8.06. The van der Waals surface area contributed by atoms with Crippen molar-refractivity contribution in [3.63, 3.8) is 0 Å². The van der Waals surface area contributed by atoms with Gasteiger partial charge >= 0.3 is 6.03 Å². The van der Waals surface area contributed by atoms with Crippen molar-refractivity contribution < 1.29 is 14.4 Å². The van der Waals surface area contributed by atoms with Gasteiger partial charge in [0.05, 0.1) is 6.54 Å². The molecule has 1 aliphatic heterocycles. The van der Waals surface area contributed by atoms with Crippen LogP contribution in [0.3, 0.4) is 0 Å². The number of nitrogens with one attached hydrogen (secondary N) is 3. The quantitative estimate of drug-likeness (QED) is 0.625. The second-order valence-corrected chi connectivity index (χ2v) is 7.69. The number of imide groups is 1. The molecule has 8 heteroatoms. The molecule has 0 spiro atoms. The standard InChI is InChI=1S/C17H23BrN4O3/c1-5-17(4)14(24)22(15(25)20-17)21-13(23)10-19-16(2,3)11-6-8-12(18)9-7-11/h6-9,19H,5,10H2,1-4H3,(H,20,25)(H,21,23). The van der Waals surface area contributed by atoms with E-state index in [4.69, 9.17) is 0 Å². The Morgan fingerprint density at radius 3 is 2.40 bits per heavy atom. The number of hydrogen-bond acceptors (Lipinski definition) is 4. The number of carbonyl (C=O) groups excluding carboxylic acids is 3. The number of benzene rings is 1. The van der Waals surface area contributed by atoms with Gasteiger partial charge in [-0.25, -0.2) is 4.79 Å². The summed E-state index contributed by atoms with van der Waals surface area (Å²) in [6.07, 6.45) is 0.443. The fourth-order valence-corrected chi connectivity index (χ4v) is 2.72. The number of rotatable bonds is 6. The van der Waals surface area contributed by atoms with Gasteiger partial charge in [0.15, 0.2) is 0 Å². The smallest absolute Gasteiger partial charge is 0.322 e. The number of carbonyl (C=O) groups is 3. The fraction of sp³-hybridized carbons (Fsp3) is 0.471. The second kappa shape index (κ2) is 7.13. The summed E-state index contributed by atoms with van der Waals surface area (Å²) in [4.78, 5) is 36.3. The molecule has 0 aromatic heterocycles. The first kappa shape index (κ1) is 19.4. The van der Waals surface area contributed by atoms with Gasteiger partial charge in [0.2, 0.25) is 0 Å². The molecule has 1 fully saturated rings. The van der Waals surface area contributed by atoms with Gasteiger partial charge in [-0.1, -0.05) is 35.0 Å². The van der Waals surface area contributed by atoms with Gasteiger partial charge in [0.25, 0.3) is 11.8 Å². The average molecular weight is 411 g/mol. The van der Waals surface area contributed by atoms with Crippen LogP contribution in [0.15, 0.2) is 28.7 Å². The van der Waals surface area contributed by atoms with Crippen LogP contribution >= 0.6 is 15.9 Å². The summed E-state index contributed by atoms with van der Waals surface area (Å²) in [6.45, 7) is 7.29. The van der Waals surface area contributed by atoms with Gasteiger partial charge in [-0.3, -0.25) is 20.3 Å². The van der Waals surface area contributed by atoms with Gasteiger partial charge in [0.1, 0.15) is 5.54 Å². The molecule has 0 bridgehead atoms. The number of urea groups is 1. The van der Waals surface area contributed by atoms with Crippen molar-refractivity contribution in [3.8, 4) is 0 Å². The molecule has 1 unspecified atom stereocenters.